The number of hydrogen-bond donors (Lipinski definition) is 0. The highest BCUT2D eigenvalue weighted by molar-refractivity contribution is 6.30. The van der Waals surface area contributed by atoms with Crippen LogP contribution >= 0.6 is 11.6 Å². The Morgan fingerprint density at radius 2 is 2.33 bits per heavy atom. The van der Waals surface area contributed by atoms with E-state index >= 15 is 0 Å². The number of ether oxygens (including phenoxy) is 1. The molecule has 1 unspecified atom stereocenters. The molecule has 1 aromatic rings. The lowest BCUT2D eigenvalue weighted by Crippen LogP contribution is -2.39. The number of nitrogens with zero attached hydrogens (tertiary/aromatic N) is 2. The van der Waals surface area contributed by atoms with Gasteiger partial charge in [-0.25, -0.2) is 0 Å². The van der Waals surface area contributed by atoms with E-state index in [1.165, 1.54) is 6.42 Å². The van der Waals surface area contributed by atoms with Gasteiger partial charge in [0, 0.05) is 17.6 Å². The van der Waals surface area contributed by atoms with Crippen LogP contribution in [0.5, 0.6) is 5.75 Å². The van der Waals surface area contributed by atoms with Crippen LogP contribution in [0.2, 0.25) is 5.02 Å². The molecule has 1 heterocycles. The molecule has 0 saturated carbocycles. The molecule has 1 atom stereocenters. The summed E-state index contributed by atoms with van der Waals surface area (Å²) in [5.74, 6) is 0.823. The molecule has 1 aliphatic rings. The van der Waals surface area contributed by atoms with Gasteiger partial charge in [-0.05, 0) is 37.5 Å². The number of rotatable bonds is 3. The molecule has 0 radical (unpaired) electrons. The minimum atomic E-state index is 0.274. The zero-order chi connectivity index (χ0) is 13.0. The summed E-state index contributed by atoms with van der Waals surface area (Å²) in [7, 11) is 1.66. The molecule has 0 aromatic heterocycles. The van der Waals surface area contributed by atoms with Crippen molar-refractivity contribution in [2.75, 3.05) is 18.6 Å². The van der Waals surface area contributed by atoms with Crippen LogP contribution in [0.4, 0.5) is 5.69 Å². The number of hydrogen-bond acceptors (Lipinski definition) is 3. The zero-order valence-electron chi connectivity index (χ0n) is 10.5. The Balaban J connectivity index is 2.32. The predicted molar refractivity (Wildman–Crippen MR) is 73.2 cm³/mol. The van der Waals surface area contributed by atoms with Gasteiger partial charge in [-0.15, -0.1) is 0 Å². The van der Waals surface area contributed by atoms with E-state index < -0.39 is 0 Å². The fourth-order valence-electron chi connectivity index (χ4n) is 2.52. The fourth-order valence-corrected chi connectivity index (χ4v) is 2.69. The quantitative estimate of drug-likeness (QED) is 0.837. The lowest BCUT2D eigenvalue weighted by molar-refractivity contribution is 0.405. The summed E-state index contributed by atoms with van der Waals surface area (Å²) in [6.45, 7) is 0.961. The van der Waals surface area contributed by atoms with E-state index in [1.54, 1.807) is 7.11 Å². The van der Waals surface area contributed by atoms with Crippen LogP contribution in [0.15, 0.2) is 18.2 Å². The maximum Gasteiger partial charge on any atom is 0.142 e. The van der Waals surface area contributed by atoms with Crippen LogP contribution in [0, 0.1) is 11.3 Å². The van der Waals surface area contributed by atoms with Crippen molar-refractivity contribution in [1.82, 2.24) is 0 Å². The Hall–Kier alpha value is -1.40. The van der Waals surface area contributed by atoms with Gasteiger partial charge >= 0.3 is 0 Å². The van der Waals surface area contributed by atoms with Gasteiger partial charge < -0.3 is 9.64 Å². The topological polar surface area (TPSA) is 36.3 Å². The Morgan fingerprint density at radius 3 is 3.06 bits per heavy atom. The van der Waals surface area contributed by atoms with Crippen LogP contribution in [0.25, 0.3) is 0 Å². The SMILES string of the molecule is COc1ccc(Cl)cc1N1CCCCC1CC#N. The van der Waals surface area contributed by atoms with Gasteiger partial charge in [0.1, 0.15) is 5.75 Å². The molecule has 2 rings (SSSR count). The van der Waals surface area contributed by atoms with Crippen molar-refractivity contribution < 1.29 is 4.74 Å². The monoisotopic (exact) mass is 264 g/mol. The van der Waals surface area contributed by atoms with Crippen LogP contribution in [0.3, 0.4) is 0 Å². The summed E-state index contributed by atoms with van der Waals surface area (Å²) in [4.78, 5) is 2.26. The van der Waals surface area contributed by atoms with Gasteiger partial charge in [-0.1, -0.05) is 11.6 Å². The first-order chi connectivity index (χ1) is 8.76. The third-order valence-electron chi connectivity index (χ3n) is 3.40. The summed E-state index contributed by atoms with van der Waals surface area (Å²) in [6.07, 6.45) is 3.95. The number of halogens is 1. The summed E-state index contributed by atoms with van der Waals surface area (Å²) >= 11 is 6.07. The minimum absolute atomic E-state index is 0.274. The third kappa shape index (κ3) is 2.70. The average Bonchev–Trinajstić information content (AvgIpc) is 2.40. The van der Waals surface area contributed by atoms with Gasteiger partial charge in [0.25, 0.3) is 0 Å². The highest BCUT2D eigenvalue weighted by atomic mass is 35.5. The van der Waals surface area contributed by atoms with Gasteiger partial charge in [0.15, 0.2) is 0 Å². The highest BCUT2D eigenvalue weighted by Gasteiger charge is 2.24. The first-order valence-corrected chi connectivity index (χ1v) is 6.61. The second-order valence-corrected chi connectivity index (χ2v) is 4.96. The normalized spacial score (nSPS) is 19.4. The van der Waals surface area contributed by atoms with Crippen LogP contribution in [0.1, 0.15) is 25.7 Å². The standard InChI is InChI=1S/C14H17ClN2O/c1-18-14-6-5-11(15)10-13(14)17-9-3-2-4-12(17)7-8-16/h5-6,10,12H,2-4,7,9H2,1H3. The van der Waals surface area contributed by atoms with Crippen molar-refractivity contribution in [3.63, 3.8) is 0 Å². The van der Waals surface area contributed by atoms with Crippen LogP contribution in [-0.2, 0) is 0 Å². The van der Waals surface area contributed by atoms with Gasteiger partial charge in [-0.2, -0.15) is 5.26 Å². The smallest absolute Gasteiger partial charge is 0.142 e. The molecular weight excluding hydrogens is 248 g/mol. The van der Waals surface area contributed by atoms with Crippen molar-refractivity contribution in [2.24, 2.45) is 0 Å². The molecule has 0 bridgehead atoms. The molecule has 96 valence electrons. The molecular formula is C14H17ClN2O. The number of benzene rings is 1. The molecule has 18 heavy (non-hydrogen) atoms. The Morgan fingerprint density at radius 1 is 1.50 bits per heavy atom. The summed E-state index contributed by atoms with van der Waals surface area (Å²) < 4.78 is 5.40. The number of piperidine rings is 1. The number of methoxy groups -OCH3 is 1. The zero-order valence-corrected chi connectivity index (χ0v) is 11.3. The van der Waals surface area contributed by atoms with Crippen LogP contribution < -0.4 is 9.64 Å². The molecule has 1 saturated heterocycles. The second-order valence-electron chi connectivity index (χ2n) is 4.52. The maximum absolute atomic E-state index is 8.93. The summed E-state index contributed by atoms with van der Waals surface area (Å²) in [5, 5.41) is 9.63. The predicted octanol–water partition coefficient (Wildman–Crippen LogP) is 3.62. The minimum Gasteiger partial charge on any atom is -0.495 e. The molecule has 0 spiro atoms. The van der Waals surface area contributed by atoms with E-state index in [0.29, 0.717) is 11.4 Å². The lowest BCUT2D eigenvalue weighted by atomic mass is 9.99. The molecule has 0 amide bonds. The molecule has 3 nitrogen and oxygen atoms in total. The lowest BCUT2D eigenvalue weighted by Gasteiger charge is -2.37. The second kappa shape index (κ2) is 5.97. The molecule has 0 aliphatic carbocycles. The van der Waals surface area contributed by atoms with Gasteiger partial charge in [0.05, 0.1) is 25.3 Å². The Kier molecular flexibility index (Phi) is 4.33. The van der Waals surface area contributed by atoms with Crippen molar-refractivity contribution >= 4 is 17.3 Å². The first kappa shape index (κ1) is 13.0. The molecule has 4 heteroatoms. The average molecular weight is 265 g/mol. The summed E-state index contributed by atoms with van der Waals surface area (Å²) in [6, 6.07) is 8.19. The van der Waals surface area contributed by atoms with E-state index in [0.717, 1.165) is 30.8 Å². The van der Waals surface area contributed by atoms with E-state index in [9.17, 15) is 0 Å². The Labute approximate surface area is 113 Å². The van der Waals surface area contributed by atoms with Crippen molar-refractivity contribution in [2.45, 2.75) is 31.7 Å². The van der Waals surface area contributed by atoms with Gasteiger partial charge in [-0.3, -0.25) is 0 Å². The maximum atomic E-state index is 8.93. The van der Waals surface area contributed by atoms with Gasteiger partial charge in [0.2, 0.25) is 0 Å². The van der Waals surface area contributed by atoms with Crippen molar-refractivity contribution in [3.8, 4) is 11.8 Å². The summed E-state index contributed by atoms with van der Waals surface area (Å²) in [5.41, 5.74) is 1.00. The van der Waals surface area contributed by atoms with E-state index in [-0.39, 0.29) is 6.04 Å². The van der Waals surface area contributed by atoms with E-state index in [2.05, 4.69) is 11.0 Å². The fraction of sp³-hybridized carbons (Fsp3) is 0.500. The molecule has 1 aromatic carbocycles. The first-order valence-electron chi connectivity index (χ1n) is 6.23. The number of anilines is 1. The molecule has 1 fully saturated rings. The third-order valence-corrected chi connectivity index (χ3v) is 3.64. The number of nitriles is 1. The molecule has 0 N–H and O–H groups in total. The van der Waals surface area contributed by atoms with Crippen molar-refractivity contribution in [1.29, 1.82) is 5.26 Å². The highest BCUT2D eigenvalue weighted by Crippen LogP contribution is 2.35. The van der Waals surface area contributed by atoms with E-state index in [1.807, 2.05) is 18.2 Å². The van der Waals surface area contributed by atoms with Crippen molar-refractivity contribution in [3.05, 3.63) is 23.2 Å². The largest absolute Gasteiger partial charge is 0.495 e. The van der Waals surface area contributed by atoms with E-state index in [4.69, 9.17) is 21.6 Å². The van der Waals surface area contributed by atoms with Crippen LogP contribution in [-0.4, -0.2) is 19.7 Å². The molecule has 1 aliphatic heterocycles. The Bertz CT molecular complexity index is 456.